The van der Waals surface area contributed by atoms with Crippen LogP contribution in [-0.4, -0.2) is 12.1 Å². The fourth-order valence-corrected chi connectivity index (χ4v) is 2.05. The first kappa shape index (κ1) is 11.4. The Balaban J connectivity index is 2.10. The summed E-state index contributed by atoms with van der Waals surface area (Å²) < 4.78 is 18.5. The average Bonchev–Trinajstić information content (AvgIpc) is 2.74. The summed E-state index contributed by atoms with van der Waals surface area (Å²) in [5.41, 5.74) is -0.0839. The molecule has 1 fully saturated rings. The molecule has 0 N–H and O–H groups in total. The molecule has 0 aliphatic heterocycles. The molecule has 2 rings (SSSR count). The van der Waals surface area contributed by atoms with Crippen LogP contribution in [0.15, 0.2) is 18.2 Å². The van der Waals surface area contributed by atoms with Gasteiger partial charge in [-0.3, -0.25) is 0 Å². The summed E-state index contributed by atoms with van der Waals surface area (Å²) in [6, 6.07) is 3.88. The Hall–Kier alpha value is -1.09. The highest BCUT2D eigenvalue weighted by atomic mass is 35.5. The monoisotopic (exact) mass is 242 g/mol. The fraction of sp³-hybridized carbons (Fsp3) is 0.417. The van der Waals surface area contributed by atoms with Crippen molar-refractivity contribution >= 4 is 17.6 Å². The van der Waals surface area contributed by atoms with E-state index in [9.17, 15) is 9.18 Å². The van der Waals surface area contributed by atoms with Gasteiger partial charge in [-0.15, -0.1) is 0 Å². The molecule has 0 spiro atoms. The van der Waals surface area contributed by atoms with Crippen LogP contribution >= 0.6 is 11.6 Å². The Kier molecular flexibility index (Phi) is 3.44. The van der Waals surface area contributed by atoms with Crippen molar-refractivity contribution in [1.82, 2.24) is 0 Å². The van der Waals surface area contributed by atoms with Crippen molar-refractivity contribution in [3.05, 3.63) is 34.6 Å². The summed E-state index contributed by atoms with van der Waals surface area (Å²) in [5.74, 6) is -1.21. The van der Waals surface area contributed by atoms with E-state index in [4.69, 9.17) is 16.3 Å². The van der Waals surface area contributed by atoms with Gasteiger partial charge in [-0.1, -0.05) is 11.6 Å². The number of rotatable bonds is 2. The summed E-state index contributed by atoms with van der Waals surface area (Å²) in [7, 11) is 0. The minimum atomic E-state index is -0.619. The Bertz CT molecular complexity index is 400. The second-order valence-corrected chi connectivity index (χ2v) is 4.37. The number of hydrogen-bond donors (Lipinski definition) is 0. The molecule has 2 nitrogen and oxygen atoms in total. The van der Waals surface area contributed by atoms with Crippen molar-refractivity contribution in [3.8, 4) is 0 Å². The van der Waals surface area contributed by atoms with E-state index in [1.165, 1.54) is 18.2 Å². The smallest absolute Gasteiger partial charge is 0.341 e. The van der Waals surface area contributed by atoms with Crippen LogP contribution in [0, 0.1) is 5.82 Å². The number of carbonyl (C=O) groups is 1. The maximum Gasteiger partial charge on any atom is 0.341 e. The summed E-state index contributed by atoms with van der Waals surface area (Å²) in [4.78, 5) is 11.7. The summed E-state index contributed by atoms with van der Waals surface area (Å²) in [5, 5.41) is 0.333. The highest BCUT2D eigenvalue weighted by Gasteiger charge is 2.22. The van der Waals surface area contributed by atoms with Gasteiger partial charge in [-0.05, 0) is 43.9 Å². The number of hydrogen-bond acceptors (Lipinski definition) is 2. The predicted molar refractivity (Wildman–Crippen MR) is 59.1 cm³/mol. The second-order valence-electron chi connectivity index (χ2n) is 3.94. The van der Waals surface area contributed by atoms with Gasteiger partial charge in [0.05, 0.1) is 5.56 Å². The van der Waals surface area contributed by atoms with Crippen molar-refractivity contribution in [3.63, 3.8) is 0 Å². The van der Waals surface area contributed by atoms with E-state index in [1.807, 2.05) is 0 Å². The van der Waals surface area contributed by atoms with Crippen LogP contribution < -0.4 is 0 Å². The van der Waals surface area contributed by atoms with Gasteiger partial charge in [0.15, 0.2) is 0 Å². The number of carbonyl (C=O) groups excluding carboxylic acids is 1. The number of esters is 1. The average molecular weight is 243 g/mol. The number of benzene rings is 1. The first-order chi connectivity index (χ1) is 7.66. The SMILES string of the molecule is O=C(OC1CCCC1)c1cc(Cl)ccc1F. The highest BCUT2D eigenvalue weighted by Crippen LogP contribution is 2.23. The Morgan fingerprint density at radius 2 is 2.06 bits per heavy atom. The summed E-state index contributed by atoms with van der Waals surface area (Å²) in [6.45, 7) is 0. The summed E-state index contributed by atoms with van der Waals surface area (Å²) >= 11 is 5.70. The molecule has 0 amide bonds. The molecule has 1 aromatic carbocycles. The molecule has 4 heteroatoms. The van der Waals surface area contributed by atoms with Crippen LogP contribution in [0.2, 0.25) is 5.02 Å². The van der Waals surface area contributed by atoms with Gasteiger partial charge in [-0.25, -0.2) is 9.18 Å². The van der Waals surface area contributed by atoms with Gasteiger partial charge in [0.1, 0.15) is 11.9 Å². The predicted octanol–water partition coefficient (Wildman–Crippen LogP) is 3.58. The third-order valence-corrected chi connectivity index (χ3v) is 2.96. The van der Waals surface area contributed by atoms with Crippen LogP contribution in [0.3, 0.4) is 0 Å². The minimum absolute atomic E-state index is 0.0640. The molecular weight excluding hydrogens is 231 g/mol. The Morgan fingerprint density at radius 1 is 1.38 bits per heavy atom. The Morgan fingerprint density at radius 3 is 2.75 bits per heavy atom. The molecule has 0 saturated heterocycles. The Labute approximate surface area is 98.4 Å². The minimum Gasteiger partial charge on any atom is -0.459 e. The van der Waals surface area contributed by atoms with E-state index in [-0.39, 0.29) is 11.7 Å². The molecule has 16 heavy (non-hydrogen) atoms. The van der Waals surface area contributed by atoms with Crippen molar-refractivity contribution < 1.29 is 13.9 Å². The number of ether oxygens (including phenoxy) is 1. The zero-order chi connectivity index (χ0) is 11.5. The lowest BCUT2D eigenvalue weighted by Crippen LogP contribution is -2.15. The van der Waals surface area contributed by atoms with Crippen molar-refractivity contribution in [1.29, 1.82) is 0 Å². The third kappa shape index (κ3) is 2.53. The molecule has 0 bridgehead atoms. The quantitative estimate of drug-likeness (QED) is 0.741. The van der Waals surface area contributed by atoms with Gasteiger partial charge >= 0.3 is 5.97 Å². The van der Waals surface area contributed by atoms with Crippen LogP contribution in [-0.2, 0) is 4.74 Å². The fourth-order valence-electron chi connectivity index (χ4n) is 1.87. The molecule has 1 aromatic rings. The first-order valence-corrected chi connectivity index (χ1v) is 5.70. The molecule has 0 radical (unpaired) electrons. The van der Waals surface area contributed by atoms with Gasteiger partial charge in [0.2, 0.25) is 0 Å². The van der Waals surface area contributed by atoms with E-state index in [2.05, 4.69) is 0 Å². The van der Waals surface area contributed by atoms with E-state index in [0.717, 1.165) is 25.7 Å². The summed E-state index contributed by atoms with van der Waals surface area (Å²) in [6.07, 6.45) is 3.80. The topological polar surface area (TPSA) is 26.3 Å². The van der Waals surface area contributed by atoms with E-state index >= 15 is 0 Å². The molecule has 1 aliphatic rings. The van der Waals surface area contributed by atoms with Gasteiger partial charge in [-0.2, -0.15) is 0 Å². The lowest BCUT2D eigenvalue weighted by atomic mass is 10.2. The molecule has 0 unspecified atom stereocenters. The molecule has 1 saturated carbocycles. The van der Waals surface area contributed by atoms with Gasteiger partial charge in [0, 0.05) is 5.02 Å². The van der Waals surface area contributed by atoms with Crippen molar-refractivity contribution in [2.24, 2.45) is 0 Å². The molecule has 0 aromatic heterocycles. The zero-order valence-electron chi connectivity index (χ0n) is 8.71. The van der Waals surface area contributed by atoms with Crippen molar-refractivity contribution in [2.45, 2.75) is 31.8 Å². The van der Waals surface area contributed by atoms with E-state index < -0.39 is 11.8 Å². The third-order valence-electron chi connectivity index (χ3n) is 2.72. The lowest BCUT2D eigenvalue weighted by molar-refractivity contribution is 0.0312. The van der Waals surface area contributed by atoms with Crippen molar-refractivity contribution in [2.75, 3.05) is 0 Å². The molecule has 1 aliphatic carbocycles. The first-order valence-electron chi connectivity index (χ1n) is 5.33. The second kappa shape index (κ2) is 4.83. The van der Waals surface area contributed by atoms with Crippen LogP contribution in [0.25, 0.3) is 0 Å². The van der Waals surface area contributed by atoms with Crippen LogP contribution in [0.5, 0.6) is 0 Å². The molecule has 86 valence electrons. The maximum absolute atomic E-state index is 13.3. The molecule has 0 heterocycles. The standard InChI is InChI=1S/C12H12ClFO2/c13-8-5-6-11(14)10(7-8)12(15)16-9-3-1-2-4-9/h5-7,9H,1-4H2. The van der Waals surface area contributed by atoms with Gasteiger partial charge in [0.25, 0.3) is 0 Å². The van der Waals surface area contributed by atoms with Crippen LogP contribution in [0.1, 0.15) is 36.0 Å². The zero-order valence-corrected chi connectivity index (χ0v) is 9.47. The van der Waals surface area contributed by atoms with E-state index in [1.54, 1.807) is 0 Å². The van der Waals surface area contributed by atoms with E-state index in [0.29, 0.717) is 5.02 Å². The lowest BCUT2D eigenvalue weighted by Gasteiger charge is -2.11. The largest absolute Gasteiger partial charge is 0.459 e. The number of halogens is 2. The highest BCUT2D eigenvalue weighted by molar-refractivity contribution is 6.30. The van der Waals surface area contributed by atoms with Gasteiger partial charge < -0.3 is 4.74 Å². The molecule has 0 atom stereocenters. The normalized spacial score (nSPS) is 16.4. The van der Waals surface area contributed by atoms with Crippen LogP contribution in [0.4, 0.5) is 4.39 Å². The maximum atomic E-state index is 13.3. The molecular formula is C12H12ClFO2.